The molecular weight excluding hydrogens is 306 g/mol. The van der Waals surface area contributed by atoms with Gasteiger partial charge in [0.15, 0.2) is 0 Å². The van der Waals surface area contributed by atoms with Crippen LogP contribution in [0, 0.1) is 6.92 Å². The maximum atomic E-state index is 12.6. The third-order valence-corrected chi connectivity index (χ3v) is 3.92. The van der Waals surface area contributed by atoms with Gasteiger partial charge in [-0.2, -0.15) is 0 Å². The van der Waals surface area contributed by atoms with Gasteiger partial charge in [0.1, 0.15) is 5.75 Å². The number of morpholine rings is 1. The molecule has 0 spiro atoms. The highest BCUT2D eigenvalue weighted by Gasteiger charge is 2.19. The molecule has 2 aromatic rings. The predicted molar refractivity (Wildman–Crippen MR) is 92.0 cm³/mol. The molecule has 0 radical (unpaired) electrons. The van der Waals surface area contributed by atoms with Gasteiger partial charge in [-0.1, -0.05) is 6.07 Å². The molecule has 0 saturated carbocycles. The number of hydrogen-bond donors (Lipinski definition) is 1. The van der Waals surface area contributed by atoms with Crippen LogP contribution in [0.5, 0.6) is 5.75 Å². The van der Waals surface area contributed by atoms with Gasteiger partial charge in [0.2, 0.25) is 0 Å². The first kappa shape index (κ1) is 16.3. The number of pyridine rings is 1. The van der Waals surface area contributed by atoms with E-state index in [0.29, 0.717) is 31.9 Å². The highest BCUT2D eigenvalue weighted by atomic mass is 16.5. The molecule has 1 N–H and O–H groups in total. The molecule has 6 heteroatoms. The summed E-state index contributed by atoms with van der Waals surface area (Å²) in [5.41, 5.74) is 3.27. The van der Waals surface area contributed by atoms with Crippen LogP contribution in [-0.2, 0) is 4.74 Å². The number of aryl methyl sites for hydroxylation is 1. The van der Waals surface area contributed by atoms with Gasteiger partial charge in [-0.3, -0.25) is 9.78 Å². The van der Waals surface area contributed by atoms with E-state index in [9.17, 15) is 4.79 Å². The summed E-state index contributed by atoms with van der Waals surface area (Å²) >= 11 is 0. The van der Waals surface area contributed by atoms with E-state index in [2.05, 4.69) is 10.3 Å². The summed E-state index contributed by atoms with van der Waals surface area (Å²) in [5, 5.41) is 3.28. The molecule has 1 aliphatic rings. The first-order valence-electron chi connectivity index (χ1n) is 7.91. The highest BCUT2D eigenvalue weighted by molar-refractivity contribution is 5.95. The van der Waals surface area contributed by atoms with Gasteiger partial charge in [0.05, 0.1) is 43.5 Å². The van der Waals surface area contributed by atoms with Gasteiger partial charge in [0, 0.05) is 19.3 Å². The number of rotatable bonds is 4. The van der Waals surface area contributed by atoms with Crippen LogP contribution in [0.2, 0.25) is 0 Å². The van der Waals surface area contributed by atoms with E-state index in [1.165, 1.54) is 0 Å². The number of carbonyl (C=O) groups excluding carboxylic acids is 1. The number of anilines is 2. The first-order chi connectivity index (χ1) is 11.7. The Labute approximate surface area is 141 Å². The Morgan fingerprint density at radius 3 is 2.79 bits per heavy atom. The summed E-state index contributed by atoms with van der Waals surface area (Å²) in [7, 11) is 1.63. The van der Waals surface area contributed by atoms with Crippen molar-refractivity contribution >= 4 is 17.3 Å². The van der Waals surface area contributed by atoms with Crippen molar-refractivity contribution in [2.45, 2.75) is 6.92 Å². The van der Waals surface area contributed by atoms with Gasteiger partial charge in [0.25, 0.3) is 5.91 Å². The molecule has 0 bridgehead atoms. The van der Waals surface area contributed by atoms with E-state index >= 15 is 0 Å². The van der Waals surface area contributed by atoms with Crippen molar-refractivity contribution in [3.8, 4) is 5.75 Å². The van der Waals surface area contributed by atoms with Gasteiger partial charge < -0.3 is 19.7 Å². The van der Waals surface area contributed by atoms with Gasteiger partial charge in [-0.25, -0.2) is 0 Å². The zero-order chi connectivity index (χ0) is 16.9. The number of benzene rings is 1. The van der Waals surface area contributed by atoms with E-state index < -0.39 is 0 Å². The summed E-state index contributed by atoms with van der Waals surface area (Å²) in [6, 6.07) is 7.70. The Morgan fingerprint density at radius 2 is 2.04 bits per heavy atom. The Bertz CT molecular complexity index is 727. The molecule has 1 saturated heterocycles. The third-order valence-electron chi connectivity index (χ3n) is 3.92. The van der Waals surface area contributed by atoms with Gasteiger partial charge in [-0.05, 0) is 30.7 Å². The van der Waals surface area contributed by atoms with Crippen LogP contribution in [0.4, 0.5) is 11.4 Å². The van der Waals surface area contributed by atoms with Crippen LogP contribution in [-0.4, -0.2) is 49.2 Å². The van der Waals surface area contributed by atoms with E-state index in [1.807, 2.05) is 31.2 Å². The number of hydrogen-bond acceptors (Lipinski definition) is 5. The zero-order valence-corrected chi connectivity index (χ0v) is 13.9. The number of aromatic nitrogens is 1. The fourth-order valence-corrected chi connectivity index (χ4v) is 2.65. The lowest BCUT2D eigenvalue weighted by atomic mass is 10.2. The van der Waals surface area contributed by atoms with Crippen LogP contribution in [0.1, 0.15) is 15.9 Å². The average Bonchev–Trinajstić information content (AvgIpc) is 2.62. The normalized spacial score (nSPS) is 14.3. The molecule has 1 aromatic carbocycles. The lowest BCUT2D eigenvalue weighted by molar-refractivity contribution is 0.0302. The van der Waals surface area contributed by atoms with Crippen molar-refractivity contribution in [3.05, 3.63) is 47.8 Å². The molecule has 1 aliphatic heterocycles. The van der Waals surface area contributed by atoms with Crippen LogP contribution in [0.15, 0.2) is 36.7 Å². The molecule has 1 amide bonds. The van der Waals surface area contributed by atoms with Crippen molar-refractivity contribution in [3.63, 3.8) is 0 Å². The lowest BCUT2D eigenvalue weighted by Gasteiger charge is -2.26. The molecule has 2 heterocycles. The molecule has 1 aromatic heterocycles. The molecule has 0 unspecified atom stereocenters. The van der Waals surface area contributed by atoms with E-state index in [1.54, 1.807) is 24.4 Å². The second-order valence-corrected chi connectivity index (χ2v) is 5.70. The predicted octanol–water partition coefficient (Wildman–Crippen LogP) is 2.61. The van der Waals surface area contributed by atoms with Gasteiger partial charge >= 0.3 is 0 Å². The van der Waals surface area contributed by atoms with Crippen LogP contribution >= 0.6 is 0 Å². The van der Waals surface area contributed by atoms with Crippen LogP contribution in [0.25, 0.3) is 0 Å². The second-order valence-electron chi connectivity index (χ2n) is 5.70. The number of carbonyl (C=O) groups is 1. The first-order valence-corrected chi connectivity index (χ1v) is 7.91. The van der Waals surface area contributed by atoms with E-state index in [0.717, 1.165) is 22.7 Å². The van der Waals surface area contributed by atoms with Crippen molar-refractivity contribution < 1.29 is 14.3 Å². The van der Waals surface area contributed by atoms with Crippen LogP contribution in [0.3, 0.4) is 0 Å². The molecule has 6 nitrogen and oxygen atoms in total. The van der Waals surface area contributed by atoms with E-state index in [4.69, 9.17) is 9.47 Å². The number of amides is 1. The quantitative estimate of drug-likeness (QED) is 0.935. The second kappa shape index (κ2) is 7.31. The summed E-state index contributed by atoms with van der Waals surface area (Å²) in [6.45, 7) is 4.40. The summed E-state index contributed by atoms with van der Waals surface area (Å²) in [4.78, 5) is 18.5. The maximum absolute atomic E-state index is 12.6. The molecule has 0 atom stereocenters. The monoisotopic (exact) mass is 327 g/mol. The lowest BCUT2D eigenvalue weighted by Crippen LogP contribution is -2.40. The summed E-state index contributed by atoms with van der Waals surface area (Å²) < 4.78 is 10.7. The SMILES string of the molecule is COc1ccc(C)cc1Nc1cncc(C(=O)N2CCOCC2)c1. The number of ether oxygens (including phenoxy) is 2. The minimum atomic E-state index is -0.0225. The Kier molecular flexibility index (Phi) is 4.96. The Balaban J connectivity index is 1.80. The Morgan fingerprint density at radius 1 is 1.25 bits per heavy atom. The van der Waals surface area contributed by atoms with Crippen LogP contribution < -0.4 is 10.1 Å². The number of methoxy groups -OCH3 is 1. The maximum Gasteiger partial charge on any atom is 0.255 e. The molecular formula is C18H21N3O3. The summed E-state index contributed by atoms with van der Waals surface area (Å²) in [6.07, 6.45) is 3.29. The third kappa shape index (κ3) is 3.65. The zero-order valence-electron chi connectivity index (χ0n) is 13.9. The standard InChI is InChI=1S/C18H21N3O3/c1-13-3-4-17(23-2)16(9-13)20-15-10-14(11-19-12-15)18(22)21-5-7-24-8-6-21/h3-4,9-12,20H,5-8H2,1-2H3. The fourth-order valence-electron chi connectivity index (χ4n) is 2.65. The molecule has 126 valence electrons. The number of nitrogens with one attached hydrogen (secondary N) is 1. The van der Waals surface area contributed by atoms with Crippen molar-refractivity contribution in [2.75, 3.05) is 38.7 Å². The fraction of sp³-hybridized carbons (Fsp3) is 0.333. The minimum Gasteiger partial charge on any atom is -0.495 e. The topological polar surface area (TPSA) is 63.7 Å². The van der Waals surface area contributed by atoms with E-state index in [-0.39, 0.29) is 5.91 Å². The minimum absolute atomic E-state index is 0.0225. The number of nitrogens with zero attached hydrogens (tertiary/aromatic N) is 2. The average molecular weight is 327 g/mol. The highest BCUT2D eigenvalue weighted by Crippen LogP contribution is 2.28. The van der Waals surface area contributed by atoms with Gasteiger partial charge in [-0.15, -0.1) is 0 Å². The van der Waals surface area contributed by atoms with Crippen molar-refractivity contribution in [1.29, 1.82) is 0 Å². The molecule has 24 heavy (non-hydrogen) atoms. The molecule has 3 rings (SSSR count). The van der Waals surface area contributed by atoms with Crippen molar-refractivity contribution in [2.24, 2.45) is 0 Å². The summed E-state index contributed by atoms with van der Waals surface area (Å²) in [5.74, 6) is 0.719. The smallest absolute Gasteiger partial charge is 0.255 e. The molecule has 1 fully saturated rings. The van der Waals surface area contributed by atoms with Crippen molar-refractivity contribution in [1.82, 2.24) is 9.88 Å². The Hall–Kier alpha value is -2.60. The molecule has 0 aliphatic carbocycles. The largest absolute Gasteiger partial charge is 0.495 e.